The molecule has 1 fully saturated rings. The normalized spacial score (nSPS) is 15.9. The molecule has 1 aromatic carbocycles. The Kier molecular flexibility index (Phi) is 5.09. The molecule has 5 heteroatoms. The molecule has 1 unspecified atom stereocenters. The van der Waals surface area contributed by atoms with Gasteiger partial charge < -0.3 is 14.7 Å². The van der Waals surface area contributed by atoms with Gasteiger partial charge in [0.2, 0.25) is 5.91 Å². The van der Waals surface area contributed by atoms with Gasteiger partial charge in [-0.15, -0.1) is 0 Å². The largest absolute Gasteiger partial charge is 0.387 e. The zero-order valence-corrected chi connectivity index (χ0v) is 11.6. The molecule has 1 aromatic rings. The Morgan fingerprint density at radius 1 is 1.45 bits per heavy atom. The predicted octanol–water partition coefficient (Wildman–Crippen LogP) is 1.89. The number of ether oxygens (including phenoxy) is 1. The third kappa shape index (κ3) is 4.02. The van der Waals surface area contributed by atoms with Crippen LogP contribution in [-0.2, 0) is 9.53 Å². The molecule has 4 nitrogen and oxygen atoms in total. The summed E-state index contributed by atoms with van der Waals surface area (Å²) in [4.78, 5) is 13.8. The van der Waals surface area contributed by atoms with E-state index in [0.717, 1.165) is 12.8 Å². The van der Waals surface area contributed by atoms with E-state index < -0.39 is 6.10 Å². The van der Waals surface area contributed by atoms with Crippen LogP contribution in [-0.4, -0.2) is 42.2 Å². The highest BCUT2D eigenvalue weighted by Gasteiger charge is 2.33. The molecule has 2 rings (SSSR count). The third-order valence-corrected chi connectivity index (χ3v) is 3.45. The van der Waals surface area contributed by atoms with Crippen LogP contribution < -0.4 is 0 Å². The lowest BCUT2D eigenvalue weighted by atomic mass is 10.1. The number of hydrogen-bond donors (Lipinski definition) is 1. The van der Waals surface area contributed by atoms with E-state index in [4.69, 9.17) is 4.74 Å². The number of aliphatic hydroxyl groups excluding tert-OH is 1. The lowest BCUT2D eigenvalue weighted by molar-refractivity contribution is -0.134. The smallest absolute Gasteiger partial charge is 0.225 e. The van der Waals surface area contributed by atoms with Crippen LogP contribution in [0.1, 0.15) is 30.9 Å². The second-order valence-corrected chi connectivity index (χ2v) is 5.09. The molecule has 20 heavy (non-hydrogen) atoms. The van der Waals surface area contributed by atoms with Crippen LogP contribution in [0.25, 0.3) is 0 Å². The quantitative estimate of drug-likeness (QED) is 0.830. The van der Waals surface area contributed by atoms with Gasteiger partial charge in [0.05, 0.1) is 25.7 Å². The summed E-state index contributed by atoms with van der Waals surface area (Å²) in [5.41, 5.74) is 0.622. The molecule has 1 amide bonds. The van der Waals surface area contributed by atoms with E-state index in [0.29, 0.717) is 18.6 Å². The highest BCUT2D eigenvalue weighted by Crippen LogP contribution is 2.29. The van der Waals surface area contributed by atoms with Gasteiger partial charge in [0.25, 0.3) is 0 Å². The second-order valence-electron chi connectivity index (χ2n) is 5.09. The van der Waals surface area contributed by atoms with Crippen molar-refractivity contribution in [3.63, 3.8) is 0 Å². The second kappa shape index (κ2) is 6.81. The van der Waals surface area contributed by atoms with Crippen LogP contribution in [0.4, 0.5) is 4.39 Å². The van der Waals surface area contributed by atoms with Gasteiger partial charge in [0.1, 0.15) is 5.82 Å². The number of benzene rings is 1. The Morgan fingerprint density at radius 2 is 2.10 bits per heavy atom. The molecule has 0 bridgehead atoms. The van der Waals surface area contributed by atoms with Crippen molar-refractivity contribution < 1.29 is 19.0 Å². The Hall–Kier alpha value is -1.46. The number of methoxy groups -OCH3 is 1. The van der Waals surface area contributed by atoms with Crippen molar-refractivity contribution in [1.29, 1.82) is 0 Å². The Bertz CT molecular complexity index is 445. The molecule has 0 radical (unpaired) electrons. The van der Waals surface area contributed by atoms with Gasteiger partial charge in [-0.25, -0.2) is 4.39 Å². The Labute approximate surface area is 118 Å². The molecule has 1 aliphatic rings. The van der Waals surface area contributed by atoms with Crippen molar-refractivity contribution in [2.75, 3.05) is 20.3 Å². The molecule has 0 aliphatic heterocycles. The number of hydrogen-bond acceptors (Lipinski definition) is 3. The number of halogens is 1. The summed E-state index contributed by atoms with van der Waals surface area (Å²) in [5.74, 6) is -0.341. The van der Waals surface area contributed by atoms with Crippen molar-refractivity contribution in [2.45, 2.75) is 31.4 Å². The van der Waals surface area contributed by atoms with Crippen molar-refractivity contribution >= 4 is 5.91 Å². The molecule has 1 aliphatic carbocycles. The van der Waals surface area contributed by atoms with Crippen molar-refractivity contribution in [3.8, 4) is 0 Å². The fourth-order valence-corrected chi connectivity index (χ4v) is 2.15. The fourth-order valence-electron chi connectivity index (χ4n) is 2.15. The summed E-state index contributed by atoms with van der Waals surface area (Å²) in [6.45, 7) is 0.632. The topological polar surface area (TPSA) is 49.8 Å². The maximum absolute atomic E-state index is 12.9. The summed E-state index contributed by atoms with van der Waals surface area (Å²) in [5, 5.41) is 10.2. The Morgan fingerprint density at radius 3 is 2.65 bits per heavy atom. The molecule has 1 saturated carbocycles. The number of aliphatic hydroxyl groups is 1. The first-order valence-electron chi connectivity index (χ1n) is 6.83. The monoisotopic (exact) mass is 281 g/mol. The van der Waals surface area contributed by atoms with E-state index in [-0.39, 0.29) is 24.3 Å². The first-order valence-corrected chi connectivity index (χ1v) is 6.83. The van der Waals surface area contributed by atoms with Crippen LogP contribution in [0.5, 0.6) is 0 Å². The molecular weight excluding hydrogens is 261 g/mol. The lowest BCUT2D eigenvalue weighted by Crippen LogP contribution is -2.37. The van der Waals surface area contributed by atoms with E-state index in [1.807, 2.05) is 0 Å². The number of carbonyl (C=O) groups excluding carboxylic acids is 1. The highest BCUT2D eigenvalue weighted by molar-refractivity contribution is 5.77. The molecule has 0 spiro atoms. The maximum atomic E-state index is 12.9. The maximum Gasteiger partial charge on any atom is 0.225 e. The molecule has 0 aromatic heterocycles. The van der Waals surface area contributed by atoms with Gasteiger partial charge in [0.15, 0.2) is 0 Å². The average molecular weight is 281 g/mol. The van der Waals surface area contributed by atoms with E-state index in [1.165, 1.54) is 12.1 Å². The molecule has 1 atom stereocenters. The molecule has 1 N–H and O–H groups in total. The minimum atomic E-state index is -0.789. The summed E-state index contributed by atoms with van der Waals surface area (Å²) in [7, 11) is 1.56. The summed E-state index contributed by atoms with van der Waals surface area (Å²) in [6.07, 6.45) is 1.50. The predicted molar refractivity (Wildman–Crippen MR) is 72.6 cm³/mol. The van der Waals surface area contributed by atoms with Gasteiger partial charge in [-0.05, 0) is 30.5 Å². The van der Waals surface area contributed by atoms with Crippen LogP contribution in [0.15, 0.2) is 24.3 Å². The summed E-state index contributed by atoms with van der Waals surface area (Å²) in [6, 6.07) is 5.95. The number of amides is 1. The van der Waals surface area contributed by atoms with Gasteiger partial charge in [-0.3, -0.25) is 4.79 Å². The number of nitrogens with zero attached hydrogens (tertiary/aromatic N) is 1. The van der Waals surface area contributed by atoms with Crippen molar-refractivity contribution in [1.82, 2.24) is 4.90 Å². The van der Waals surface area contributed by atoms with Crippen LogP contribution >= 0.6 is 0 Å². The van der Waals surface area contributed by atoms with Gasteiger partial charge >= 0.3 is 0 Å². The van der Waals surface area contributed by atoms with Crippen molar-refractivity contribution in [2.24, 2.45) is 0 Å². The number of rotatable bonds is 7. The molecule has 0 heterocycles. The first-order chi connectivity index (χ1) is 9.61. The average Bonchev–Trinajstić information content (AvgIpc) is 3.27. The van der Waals surface area contributed by atoms with Gasteiger partial charge in [0, 0.05) is 13.2 Å². The van der Waals surface area contributed by atoms with E-state index in [2.05, 4.69) is 0 Å². The molecular formula is C15H20FNO3. The number of carbonyl (C=O) groups is 1. The fraction of sp³-hybridized carbons (Fsp3) is 0.533. The molecule has 0 saturated heterocycles. The molecule has 110 valence electrons. The van der Waals surface area contributed by atoms with Crippen LogP contribution in [0.2, 0.25) is 0 Å². The van der Waals surface area contributed by atoms with E-state index in [9.17, 15) is 14.3 Å². The Balaban J connectivity index is 1.97. The summed E-state index contributed by atoms with van der Waals surface area (Å²) < 4.78 is 17.8. The SMILES string of the molecule is COCCC(=O)N(CC(O)c1ccc(F)cc1)C1CC1. The van der Waals surface area contributed by atoms with Gasteiger partial charge in [-0.1, -0.05) is 12.1 Å². The van der Waals surface area contributed by atoms with E-state index >= 15 is 0 Å². The zero-order valence-electron chi connectivity index (χ0n) is 11.6. The van der Waals surface area contributed by atoms with E-state index in [1.54, 1.807) is 24.1 Å². The minimum Gasteiger partial charge on any atom is -0.387 e. The van der Waals surface area contributed by atoms with Crippen molar-refractivity contribution in [3.05, 3.63) is 35.6 Å². The standard InChI is InChI=1S/C15H20FNO3/c1-20-9-8-15(19)17(13-6-7-13)10-14(18)11-2-4-12(16)5-3-11/h2-5,13-14,18H,6-10H2,1H3. The first kappa shape index (κ1) is 14.9. The third-order valence-electron chi connectivity index (χ3n) is 3.45. The highest BCUT2D eigenvalue weighted by atomic mass is 19.1. The van der Waals surface area contributed by atoms with Gasteiger partial charge in [-0.2, -0.15) is 0 Å². The van der Waals surface area contributed by atoms with Crippen LogP contribution in [0, 0.1) is 5.82 Å². The lowest BCUT2D eigenvalue weighted by Gasteiger charge is -2.25. The summed E-state index contributed by atoms with van der Waals surface area (Å²) >= 11 is 0. The van der Waals surface area contributed by atoms with Crippen LogP contribution in [0.3, 0.4) is 0 Å². The minimum absolute atomic E-state index is 0.00416. The zero-order chi connectivity index (χ0) is 14.5.